The zero-order valence-electron chi connectivity index (χ0n) is 15.3. The highest BCUT2D eigenvalue weighted by Crippen LogP contribution is 2.38. The fourth-order valence-corrected chi connectivity index (χ4v) is 3.52. The third-order valence-electron chi connectivity index (χ3n) is 5.20. The number of nitrogens with one attached hydrogen (secondary N) is 1. The zero-order valence-corrected chi connectivity index (χ0v) is 15.3. The molecule has 2 aromatic rings. The predicted octanol–water partition coefficient (Wildman–Crippen LogP) is 2.16. The summed E-state index contributed by atoms with van der Waals surface area (Å²) >= 11 is 0. The van der Waals surface area contributed by atoms with Gasteiger partial charge in [-0.3, -0.25) is 9.59 Å². The van der Waals surface area contributed by atoms with Crippen molar-refractivity contribution in [3.05, 3.63) is 47.6 Å². The monoisotopic (exact) mass is 368 g/mol. The van der Waals surface area contributed by atoms with Crippen molar-refractivity contribution in [1.29, 1.82) is 0 Å². The summed E-state index contributed by atoms with van der Waals surface area (Å²) < 4.78 is 5.37. The van der Waals surface area contributed by atoms with Crippen molar-refractivity contribution < 1.29 is 14.1 Å². The number of nitrogens with zero attached hydrogens (tertiary/aromatic N) is 3. The van der Waals surface area contributed by atoms with Crippen molar-refractivity contribution in [2.75, 3.05) is 19.6 Å². The van der Waals surface area contributed by atoms with E-state index in [4.69, 9.17) is 4.52 Å². The molecule has 1 aromatic carbocycles. The maximum absolute atomic E-state index is 12.5. The molecule has 2 fully saturated rings. The lowest BCUT2D eigenvalue weighted by Crippen LogP contribution is -2.45. The maximum Gasteiger partial charge on any atom is 0.251 e. The number of likely N-dealkylation sites (tertiary alicyclic amines) is 1. The van der Waals surface area contributed by atoms with Crippen LogP contribution in [0.2, 0.25) is 0 Å². The topological polar surface area (TPSA) is 88.3 Å². The smallest absolute Gasteiger partial charge is 0.251 e. The molecule has 27 heavy (non-hydrogen) atoms. The SMILES string of the molecule is O=C(NCC(=O)N1CCC[C@H](Cc2nc(C3CC3)no2)C1)c1ccccc1. The van der Waals surface area contributed by atoms with Crippen molar-refractivity contribution in [2.45, 2.75) is 38.0 Å². The van der Waals surface area contributed by atoms with E-state index in [1.807, 2.05) is 11.0 Å². The average Bonchev–Trinajstić information content (AvgIpc) is 3.46. The van der Waals surface area contributed by atoms with E-state index >= 15 is 0 Å². The third kappa shape index (κ3) is 4.53. The zero-order chi connectivity index (χ0) is 18.6. The molecule has 1 N–H and O–H groups in total. The fraction of sp³-hybridized carbons (Fsp3) is 0.500. The minimum Gasteiger partial charge on any atom is -0.343 e. The summed E-state index contributed by atoms with van der Waals surface area (Å²) in [5.74, 6) is 2.04. The Hall–Kier alpha value is -2.70. The van der Waals surface area contributed by atoms with E-state index in [1.54, 1.807) is 24.3 Å². The standard InChI is InChI=1S/C20H24N4O3/c25-18(12-21-20(26)16-6-2-1-3-7-16)24-10-4-5-14(13-24)11-17-22-19(23-27-17)15-8-9-15/h1-3,6-7,14-15H,4-5,8-13H2,(H,21,26)/t14-/m1/s1. The van der Waals surface area contributed by atoms with Crippen LogP contribution in [-0.4, -0.2) is 46.5 Å². The van der Waals surface area contributed by atoms with Crippen LogP contribution in [0.4, 0.5) is 0 Å². The Labute approximate surface area is 158 Å². The second-order valence-corrected chi connectivity index (χ2v) is 7.42. The van der Waals surface area contributed by atoms with Crippen LogP contribution in [0.1, 0.15) is 53.7 Å². The van der Waals surface area contributed by atoms with Crippen molar-refractivity contribution in [2.24, 2.45) is 5.92 Å². The molecule has 1 atom stereocenters. The fourth-order valence-electron chi connectivity index (χ4n) is 3.52. The van der Waals surface area contributed by atoms with Crippen LogP contribution in [0.15, 0.2) is 34.9 Å². The highest BCUT2D eigenvalue weighted by molar-refractivity contribution is 5.96. The van der Waals surface area contributed by atoms with E-state index in [0.29, 0.717) is 36.3 Å². The molecule has 1 saturated carbocycles. The van der Waals surface area contributed by atoms with Crippen LogP contribution in [-0.2, 0) is 11.2 Å². The van der Waals surface area contributed by atoms with Gasteiger partial charge in [0.1, 0.15) is 0 Å². The van der Waals surface area contributed by atoms with E-state index in [2.05, 4.69) is 15.5 Å². The van der Waals surface area contributed by atoms with Gasteiger partial charge >= 0.3 is 0 Å². The van der Waals surface area contributed by atoms with E-state index in [0.717, 1.165) is 38.1 Å². The second kappa shape index (κ2) is 7.90. The van der Waals surface area contributed by atoms with Crippen LogP contribution >= 0.6 is 0 Å². The van der Waals surface area contributed by atoms with Gasteiger partial charge in [0.2, 0.25) is 11.8 Å². The van der Waals surface area contributed by atoms with Crippen LogP contribution in [0.5, 0.6) is 0 Å². The normalized spacial score (nSPS) is 19.7. The van der Waals surface area contributed by atoms with Gasteiger partial charge in [-0.15, -0.1) is 0 Å². The first-order valence-electron chi connectivity index (χ1n) is 9.62. The third-order valence-corrected chi connectivity index (χ3v) is 5.20. The summed E-state index contributed by atoms with van der Waals surface area (Å²) in [5, 5.41) is 6.77. The first-order chi connectivity index (χ1) is 13.2. The number of hydrogen-bond donors (Lipinski definition) is 1. The largest absolute Gasteiger partial charge is 0.343 e. The highest BCUT2D eigenvalue weighted by atomic mass is 16.5. The van der Waals surface area contributed by atoms with E-state index in [-0.39, 0.29) is 18.4 Å². The Kier molecular flexibility index (Phi) is 5.18. The Morgan fingerprint density at radius 3 is 2.78 bits per heavy atom. The van der Waals surface area contributed by atoms with Crippen molar-refractivity contribution in [3.63, 3.8) is 0 Å². The first-order valence-corrected chi connectivity index (χ1v) is 9.62. The second-order valence-electron chi connectivity index (χ2n) is 7.42. The first kappa shape index (κ1) is 17.7. The number of carbonyl (C=O) groups is 2. The molecule has 1 aliphatic carbocycles. The molecule has 0 unspecified atom stereocenters. The number of hydrogen-bond acceptors (Lipinski definition) is 5. The number of rotatable bonds is 6. The van der Waals surface area contributed by atoms with Crippen LogP contribution in [0.25, 0.3) is 0 Å². The Bertz CT molecular complexity index is 801. The average molecular weight is 368 g/mol. The number of amides is 2. The van der Waals surface area contributed by atoms with Gasteiger partial charge in [0.25, 0.3) is 5.91 Å². The summed E-state index contributed by atoms with van der Waals surface area (Å²) in [6, 6.07) is 8.93. The van der Waals surface area contributed by atoms with Crippen LogP contribution in [0.3, 0.4) is 0 Å². The lowest BCUT2D eigenvalue weighted by atomic mass is 9.94. The Morgan fingerprint density at radius 1 is 1.19 bits per heavy atom. The quantitative estimate of drug-likeness (QED) is 0.844. The molecule has 1 aliphatic heterocycles. The number of benzene rings is 1. The van der Waals surface area contributed by atoms with Gasteiger partial charge in [-0.1, -0.05) is 23.4 Å². The molecule has 0 bridgehead atoms. The lowest BCUT2D eigenvalue weighted by molar-refractivity contribution is -0.131. The summed E-state index contributed by atoms with van der Waals surface area (Å²) in [5.41, 5.74) is 0.560. The molecule has 2 amide bonds. The van der Waals surface area contributed by atoms with Gasteiger partial charge in [0.15, 0.2) is 5.82 Å². The van der Waals surface area contributed by atoms with Crippen LogP contribution < -0.4 is 5.32 Å². The van der Waals surface area contributed by atoms with Crippen LogP contribution in [0, 0.1) is 5.92 Å². The highest BCUT2D eigenvalue weighted by Gasteiger charge is 2.30. The minimum absolute atomic E-state index is 0.0207. The minimum atomic E-state index is -0.226. The number of aromatic nitrogens is 2. The molecule has 2 heterocycles. The molecular formula is C20H24N4O3. The molecule has 7 nitrogen and oxygen atoms in total. The summed E-state index contributed by atoms with van der Waals surface area (Å²) in [4.78, 5) is 30.9. The summed E-state index contributed by atoms with van der Waals surface area (Å²) in [6.07, 6.45) is 5.01. The molecular weight excluding hydrogens is 344 g/mol. The van der Waals surface area contributed by atoms with E-state index < -0.39 is 0 Å². The summed E-state index contributed by atoms with van der Waals surface area (Å²) in [7, 11) is 0. The molecule has 142 valence electrons. The molecule has 7 heteroatoms. The van der Waals surface area contributed by atoms with Crippen molar-refractivity contribution in [3.8, 4) is 0 Å². The van der Waals surface area contributed by atoms with E-state index in [1.165, 1.54) is 0 Å². The Morgan fingerprint density at radius 2 is 2.00 bits per heavy atom. The van der Waals surface area contributed by atoms with Gasteiger partial charge in [-0.25, -0.2) is 0 Å². The van der Waals surface area contributed by atoms with Gasteiger partial charge in [-0.2, -0.15) is 4.98 Å². The van der Waals surface area contributed by atoms with Gasteiger partial charge in [-0.05, 0) is 43.7 Å². The number of carbonyl (C=O) groups excluding carboxylic acids is 2. The Balaban J connectivity index is 1.26. The van der Waals surface area contributed by atoms with Crippen molar-refractivity contribution >= 4 is 11.8 Å². The molecule has 4 rings (SSSR count). The van der Waals surface area contributed by atoms with Gasteiger partial charge in [0.05, 0.1) is 6.54 Å². The molecule has 1 aromatic heterocycles. The van der Waals surface area contributed by atoms with E-state index in [9.17, 15) is 9.59 Å². The predicted molar refractivity (Wildman–Crippen MR) is 98.1 cm³/mol. The maximum atomic E-state index is 12.5. The summed E-state index contributed by atoms with van der Waals surface area (Å²) in [6.45, 7) is 1.42. The molecule has 2 aliphatic rings. The molecule has 0 spiro atoms. The number of piperidine rings is 1. The van der Waals surface area contributed by atoms with Gasteiger partial charge in [0, 0.05) is 31.0 Å². The van der Waals surface area contributed by atoms with Gasteiger partial charge < -0.3 is 14.7 Å². The molecule has 0 radical (unpaired) electrons. The molecule has 1 saturated heterocycles. The lowest BCUT2D eigenvalue weighted by Gasteiger charge is -2.32. The van der Waals surface area contributed by atoms with Crippen molar-refractivity contribution in [1.82, 2.24) is 20.4 Å².